The van der Waals surface area contributed by atoms with Gasteiger partial charge in [0.15, 0.2) is 0 Å². The first kappa shape index (κ1) is 6.89. The highest BCUT2D eigenvalue weighted by atomic mass is 19.3. The Bertz CT molecular complexity index is 110. The minimum Gasteiger partial charge on any atom is -0.394 e. The second-order valence-corrected chi connectivity index (χ2v) is 2.23. The van der Waals surface area contributed by atoms with Crippen molar-refractivity contribution >= 4 is 0 Å². The second-order valence-electron chi connectivity index (χ2n) is 2.23. The van der Waals surface area contributed by atoms with Crippen LogP contribution in [0.15, 0.2) is 0 Å². The number of alkyl halides is 2. The summed E-state index contributed by atoms with van der Waals surface area (Å²) in [4.78, 5) is 0. The zero-order chi connectivity index (χ0) is 7.07. The summed E-state index contributed by atoms with van der Waals surface area (Å²) < 4.78 is 28.6. The molecular weight excluding hydrogens is 130 g/mol. The summed E-state index contributed by atoms with van der Waals surface area (Å²) in [7, 11) is 0. The fraction of sp³-hybridized carbons (Fsp3) is 1.00. The normalized spacial score (nSPS) is 34.7. The Morgan fingerprint density at radius 1 is 1.67 bits per heavy atom. The summed E-state index contributed by atoms with van der Waals surface area (Å²) in [5.74, 6) is -2.80. The Balaban J connectivity index is 2.33. The molecule has 2 nitrogen and oxygen atoms in total. The summed E-state index contributed by atoms with van der Waals surface area (Å²) in [6, 6.07) is 0. The van der Waals surface area contributed by atoms with Gasteiger partial charge in [0, 0.05) is 6.92 Å². The van der Waals surface area contributed by atoms with Gasteiger partial charge in [0.2, 0.25) is 0 Å². The molecule has 1 heterocycles. The van der Waals surface area contributed by atoms with E-state index in [1.54, 1.807) is 0 Å². The summed E-state index contributed by atoms with van der Waals surface area (Å²) in [6.45, 7) is 0.474. The molecule has 1 aliphatic heterocycles. The van der Waals surface area contributed by atoms with E-state index in [1.807, 2.05) is 0 Å². The zero-order valence-corrected chi connectivity index (χ0v) is 4.97. The zero-order valence-electron chi connectivity index (χ0n) is 4.97. The summed E-state index contributed by atoms with van der Waals surface area (Å²) in [5.41, 5.74) is 0. The van der Waals surface area contributed by atoms with Crippen LogP contribution < -0.4 is 0 Å². The molecule has 1 rings (SSSR count). The van der Waals surface area contributed by atoms with Crippen molar-refractivity contribution < 1.29 is 18.6 Å². The first-order chi connectivity index (χ1) is 4.05. The fourth-order valence-corrected chi connectivity index (χ4v) is 0.728. The van der Waals surface area contributed by atoms with Crippen molar-refractivity contribution in [2.24, 2.45) is 0 Å². The van der Waals surface area contributed by atoms with Crippen LogP contribution >= 0.6 is 0 Å². The van der Waals surface area contributed by atoms with Crippen molar-refractivity contribution in [3.63, 3.8) is 0 Å². The molecule has 0 bridgehead atoms. The summed E-state index contributed by atoms with van der Waals surface area (Å²) in [5, 5.41) is 8.28. The number of halogens is 2. The molecule has 0 spiro atoms. The van der Waals surface area contributed by atoms with E-state index in [0.717, 1.165) is 6.92 Å². The first-order valence-electron chi connectivity index (χ1n) is 2.70. The molecule has 0 amide bonds. The fourth-order valence-electron chi connectivity index (χ4n) is 0.728. The maximum absolute atomic E-state index is 12.1. The SMILES string of the molecule is CC(F)(F)C1OC1CO. The van der Waals surface area contributed by atoms with Gasteiger partial charge in [-0.15, -0.1) is 0 Å². The van der Waals surface area contributed by atoms with E-state index in [1.165, 1.54) is 0 Å². The van der Waals surface area contributed by atoms with Gasteiger partial charge < -0.3 is 9.84 Å². The maximum atomic E-state index is 12.1. The third-order valence-corrected chi connectivity index (χ3v) is 1.26. The third kappa shape index (κ3) is 1.37. The Morgan fingerprint density at radius 2 is 2.22 bits per heavy atom. The van der Waals surface area contributed by atoms with Gasteiger partial charge in [-0.25, -0.2) is 8.78 Å². The van der Waals surface area contributed by atoms with Crippen LogP contribution in [0.1, 0.15) is 6.92 Å². The van der Waals surface area contributed by atoms with Gasteiger partial charge in [-0.1, -0.05) is 0 Å². The average molecular weight is 138 g/mol. The van der Waals surface area contributed by atoms with Crippen molar-refractivity contribution in [1.29, 1.82) is 0 Å². The molecule has 0 aromatic rings. The molecule has 2 atom stereocenters. The van der Waals surface area contributed by atoms with Gasteiger partial charge >= 0.3 is 0 Å². The van der Waals surface area contributed by atoms with Gasteiger partial charge in [-0.2, -0.15) is 0 Å². The number of aliphatic hydroxyl groups excluding tert-OH is 1. The topological polar surface area (TPSA) is 32.8 Å². The van der Waals surface area contributed by atoms with Crippen LogP contribution in [0.2, 0.25) is 0 Å². The Labute approximate surface area is 51.4 Å². The molecule has 0 radical (unpaired) electrons. The highest BCUT2D eigenvalue weighted by Gasteiger charge is 2.53. The number of hydrogen-bond donors (Lipinski definition) is 1. The third-order valence-electron chi connectivity index (χ3n) is 1.26. The monoisotopic (exact) mass is 138 g/mol. The lowest BCUT2D eigenvalue weighted by Gasteiger charge is -2.03. The Morgan fingerprint density at radius 3 is 2.33 bits per heavy atom. The summed E-state index contributed by atoms with van der Waals surface area (Å²) in [6.07, 6.45) is -1.69. The number of rotatable bonds is 2. The van der Waals surface area contributed by atoms with Crippen LogP contribution in [-0.4, -0.2) is 29.8 Å². The number of ether oxygens (including phenoxy) is 1. The number of epoxide rings is 1. The van der Waals surface area contributed by atoms with Crippen LogP contribution in [0, 0.1) is 0 Å². The molecule has 9 heavy (non-hydrogen) atoms. The van der Waals surface area contributed by atoms with E-state index >= 15 is 0 Å². The molecule has 1 saturated heterocycles. The molecule has 54 valence electrons. The van der Waals surface area contributed by atoms with Gasteiger partial charge in [-0.05, 0) is 0 Å². The van der Waals surface area contributed by atoms with E-state index < -0.39 is 18.1 Å². The lowest BCUT2D eigenvalue weighted by atomic mass is 10.2. The minimum absolute atomic E-state index is 0.311. The van der Waals surface area contributed by atoms with Gasteiger partial charge in [0.05, 0.1) is 6.61 Å². The molecule has 1 aliphatic rings. The lowest BCUT2D eigenvalue weighted by molar-refractivity contribution is -0.00715. The van der Waals surface area contributed by atoms with Crippen molar-refractivity contribution in [2.45, 2.75) is 25.1 Å². The van der Waals surface area contributed by atoms with E-state index in [2.05, 4.69) is 4.74 Å². The standard InChI is InChI=1S/C5H8F2O2/c1-5(6,7)4-3(2-8)9-4/h3-4,8H,2H2,1H3. The molecule has 0 aromatic carbocycles. The Kier molecular flexibility index (Phi) is 1.44. The van der Waals surface area contributed by atoms with Crippen molar-refractivity contribution in [1.82, 2.24) is 0 Å². The molecule has 0 aliphatic carbocycles. The van der Waals surface area contributed by atoms with E-state index in [0.29, 0.717) is 0 Å². The predicted octanol–water partition coefficient (Wildman–Crippen LogP) is 0.401. The van der Waals surface area contributed by atoms with E-state index in [9.17, 15) is 8.78 Å². The van der Waals surface area contributed by atoms with Crippen LogP contribution in [0.3, 0.4) is 0 Å². The minimum atomic E-state index is -2.80. The largest absolute Gasteiger partial charge is 0.394 e. The van der Waals surface area contributed by atoms with Gasteiger partial charge in [-0.3, -0.25) is 0 Å². The van der Waals surface area contributed by atoms with Crippen molar-refractivity contribution in [3.05, 3.63) is 0 Å². The van der Waals surface area contributed by atoms with Crippen LogP contribution in [0.25, 0.3) is 0 Å². The van der Waals surface area contributed by atoms with E-state index in [-0.39, 0.29) is 6.61 Å². The van der Waals surface area contributed by atoms with Crippen LogP contribution in [0.4, 0.5) is 8.78 Å². The molecule has 1 fully saturated rings. The number of hydrogen-bond acceptors (Lipinski definition) is 2. The van der Waals surface area contributed by atoms with Gasteiger partial charge in [0.1, 0.15) is 12.2 Å². The lowest BCUT2D eigenvalue weighted by Crippen LogP contribution is -2.21. The smallest absolute Gasteiger partial charge is 0.273 e. The second kappa shape index (κ2) is 1.88. The molecule has 0 saturated carbocycles. The quantitative estimate of drug-likeness (QED) is 0.560. The highest BCUT2D eigenvalue weighted by molar-refractivity contribution is 4.92. The summed E-state index contributed by atoms with van der Waals surface area (Å²) >= 11 is 0. The van der Waals surface area contributed by atoms with Crippen molar-refractivity contribution in [2.75, 3.05) is 6.61 Å². The molecule has 4 heteroatoms. The van der Waals surface area contributed by atoms with Crippen LogP contribution in [0.5, 0.6) is 0 Å². The van der Waals surface area contributed by atoms with Gasteiger partial charge in [0.25, 0.3) is 5.92 Å². The first-order valence-corrected chi connectivity index (χ1v) is 2.70. The highest BCUT2D eigenvalue weighted by Crippen LogP contribution is 2.35. The maximum Gasteiger partial charge on any atom is 0.273 e. The molecular formula is C5H8F2O2. The molecule has 2 unspecified atom stereocenters. The number of aliphatic hydroxyl groups is 1. The predicted molar refractivity (Wildman–Crippen MR) is 26.4 cm³/mol. The van der Waals surface area contributed by atoms with E-state index in [4.69, 9.17) is 5.11 Å². The Hall–Kier alpha value is -0.220. The molecule has 0 aromatic heterocycles. The van der Waals surface area contributed by atoms with Crippen molar-refractivity contribution in [3.8, 4) is 0 Å². The van der Waals surface area contributed by atoms with Crippen LogP contribution in [-0.2, 0) is 4.74 Å². The average Bonchev–Trinajstić information content (AvgIpc) is 2.39. The molecule has 1 N–H and O–H groups in total.